The average molecular weight is 232 g/mol. The average Bonchev–Trinajstić information content (AvgIpc) is 2.30. The lowest BCUT2D eigenvalue weighted by molar-refractivity contribution is 0.859. The van der Waals surface area contributed by atoms with Gasteiger partial charge in [0, 0.05) is 16.8 Å². The van der Waals surface area contributed by atoms with Crippen molar-refractivity contribution >= 4 is 11.6 Å². The Labute approximate surface area is 101 Å². The summed E-state index contributed by atoms with van der Waals surface area (Å²) in [4.78, 5) is 4.46. The molecule has 1 aromatic carbocycles. The van der Waals surface area contributed by atoms with Crippen molar-refractivity contribution in [3.8, 4) is 11.3 Å². The minimum Gasteiger partial charge on any atom is -0.256 e. The van der Waals surface area contributed by atoms with Crippen LogP contribution in [0.1, 0.15) is 25.3 Å². The normalized spacial score (nSPS) is 10.8. The van der Waals surface area contributed by atoms with Crippen LogP contribution in [0.5, 0.6) is 0 Å². The van der Waals surface area contributed by atoms with Gasteiger partial charge in [0.2, 0.25) is 0 Å². The predicted molar refractivity (Wildman–Crippen MR) is 68.8 cm³/mol. The number of nitrogens with zero attached hydrogens (tertiary/aromatic N) is 1. The van der Waals surface area contributed by atoms with Crippen LogP contribution < -0.4 is 0 Å². The van der Waals surface area contributed by atoms with Crippen molar-refractivity contribution in [2.45, 2.75) is 19.8 Å². The second-order valence-corrected chi connectivity index (χ2v) is 4.57. The Hall–Kier alpha value is -1.34. The lowest BCUT2D eigenvalue weighted by atomic mass is 10.0. The molecule has 0 atom stereocenters. The van der Waals surface area contributed by atoms with Crippen LogP contribution in [0.15, 0.2) is 42.6 Å². The van der Waals surface area contributed by atoms with Crippen LogP contribution in [-0.4, -0.2) is 4.98 Å². The maximum absolute atomic E-state index is 5.85. The Balaban J connectivity index is 2.31. The molecule has 1 heterocycles. The van der Waals surface area contributed by atoms with E-state index < -0.39 is 0 Å². The molecule has 0 aliphatic carbocycles. The third kappa shape index (κ3) is 2.42. The van der Waals surface area contributed by atoms with Crippen molar-refractivity contribution in [3.63, 3.8) is 0 Å². The molecule has 0 bridgehead atoms. The number of halogens is 1. The third-order valence-electron chi connectivity index (χ3n) is 2.59. The zero-order valence-corrected chi connectivity index (χ0v) is 10.2. The Morgan fingerprint density at radius 2 is 1.69 bits per heavy atom. The van der Waals surface area contributed by atoms with Crippen molar-refractivity contribution in [1.82, 2.24) is 4.98 Å². The first-order valence-electron chi connectivity index (χ1n) is 5.38. The molecule has 1 nitrogen and oxygen atoms in total. The van der Waals surface area contributed by atoms with E-state index in [0.29, 0.717) is 5.92 Å². The standard InChI is InChI=1S/C14H14ClN/c1-10(2)12-5-8-14(16-9-12)11-3-6-13(15)7-4-11/h3-10H,1-2H3. The number of aromatic nitrogens is 1. The van der Waals surface area contributed by atoms with Gasteiger partial charge in [-0.05, 0) is 29.7 Å². The Morgan fingerprint density at radius 1 is 1.00 bits per heavy atom. The van der Waals surface area contributed by atoms with Crippen molar-refractivity contribution < 1.29 is 0 Å². The minimum atomic E-state index is 0.520. The maximum atomic E-state index is 5.85. The monoisotopic (exact) mass is 231 g/mol. The summed E-state index contributed by atoms with van der Waals surface area (Å²) in [7, 11) is 0. The van der Waals surface area contributed by atoms with Gasteiger partial charge in [-0.15, -0.1) is 0 Å². The van der Waals surface area contributed by atoms with E-state index in [1.54, 1.807) is 0 Å². The molecular weight excluding hydrogens is 218 g/mol. The molecule has 0 amide bonds. The number of hydrogen-bond acceptors (Lipinski definition) is 1. The maximum Gasteiger partial charge on any atom is 0.0702 e. The second kappa shape index (κ2) is 4.67. The van der Waals surface area contributed by atoms with E-state index in [0.717, 1.165) is 16.3 Å². The van der Waals surface area contributed by atoms with Crippen molar-refractivity contribution in [2.24, 2.45) is 0 Å². The summed E-state index contributed by atoms with van der Waals surface area (Å²) in [6.07, 6.45) is 1.94. The molecule has 2 rings (SSSR count). The first-order chi connectivity index (χ1) is 7.66. The minimum absolute atomic E-state index is 0.520. The van der Waals surface area contributed by atoms with Crippen molar-refractivity contribution in [3.05, 3.63) is 53.2 Å². The van der Waals surface area contributed by atoms with Crippen LogP contribution in [0.3, 0.4) is 0 Å². The van der Waals surface area contributed by atoms with E-state index >= 15 is 0 Å². The van der Waals surface area contributed by atoms with Gasteiger partial charge in [-0.25, -0.2) is 0 Å². The quantitative estimate of drug-likeness (QED) is 0.740. The third-order valence-corrected chi connectivity index (χ3v) is 2.84. The van der Waals surface area contributed by atoms with Gasteiger partial charge in [0.25, 0.3) is 0 Å². The van der Waals surface area contributed by atoms with Crippen LogP contribution in [-0.2, 0) is 0 Å². The Morgan fingerprint density at radius 3 is 2.19 bits per heavy atom. The molecule has 0 spiro atoms. The molecule has 0 radical (unpaired) electrons. The highest BCUT2D eigenvalue weighted by Crippen LogP contribution is 2.21. The first-order valence-corrected chi connectivity index (χ1v) is 5.76. The summed E-state index contributed by atoms with van der Waals surface area (Å²) >= 11 is 5.85. The molecular formula is C14H14ClN. The molecule has 2 heteroatoms. The number of rotatable bonds is 2. The highest BCUT2D eigenvalue weighted by Gasteiger charge is 2.02. The summed E-state index contributed by atoms with van der Waals surface area (Å²) in [6.45, 7) is 4.33. The zero-order chi connectivity index (χ0) is 11.5. The van der Waals surface area contributed by atoms with Gasteiger partial charge in [0.15, 0.2) is 0 Å². The van der Waals surface area contributed by atoms with Crippen LogP contribution >= 0.6 is 11.6 Å². The van der Waals surface area contributed by atoms with Crippen LogP contribution in [0.4, 0.5) is 0 Å². The number of benzene rings is 1. The van der Waals surface area contributed by atoms with Gasteiger partial charge in [-0.3, -0.25) is 4.98 Å². The molecule has 0 N–H and O–H groups in total. The van der Waals surface area contributed by atoms with E-state index in [4.69, 9.17) is 11.6 Å². The molecule has 0 saturated carbocycles. The van der Waals surface area contributed by atoms with Gasteiger partial charge < -0.3 is 0 Å². The Kier molecular flexibility index (Phi) is 3.25. The number of pyridine rings is 1. The van der Waals surface area contributed by atoms with E-state index in [9.17, 15) is 0 Å². The smallest absolute Gasteiger partial charge is 0.0702 e. The lowest BCUT2D eigenvalue weighted by Gasteiger charge is -2.06. The predicted octanol–water partition coefficient (Wildman–Crippen LogP) is 4.53. The molecule has 16 heavy (non-hydrogen) atoms. The molecule has 82 valence electrons. The fourth-order valence-electron chi connectivity index (χ4n) is 1.54. The molecule has 0 unspecified atom stereocenters. The molecule has 2 aromatic rings. The van der Waals surface area contributed by atoms with Gasteiger partial charge >= 0.3 is 0 Å². The summed E-state index contributed by atoms with van der Waals surface area (Å²) in [5.41, 5.74) is 3.35. The summed E-state index contributed by atoms with van der Waals surface area (Å²) in [6, 6.07) is 11.9. The van der Waals surface area contributed by atoms with E-state index in [2.05, 4.69) is 31.0 Å². The second-order valence-electron chi connectivity index (χ2n) is 4.14. The van der Waals surface area contributed by atoms with Crippen LogP contribution in [0, 0.1) is 0 Å². The Bertz CT molecular complexity index is 457. The van der Waals surface area contributed by atoms with E-state index in [1.165, 1.54) is 5.56 Å². The van der Waals surface area contributed by atoms with E-state index in [-0.39, 0.29) is 0 Å². The topological polar surface area (TPSA) is 12.9 Å². The van der Waals surface area contributed by atoms with Crippen LogP contribution in [0.25, 0.3) is 11.3 Å². The number of hydrogen-bond donors (Lipinski definition) is 0. The first kappa shape index (κ1) is 11.2. The lowest BCUT2D eigenvalue weighted by Crippen LogP contribution is -1.90. The fraction of sp³-hybridized carbons (Fsp3) is 0.214. The summed E-state index contributed by atoms with van der Waals surface area (Å²) < 4.78 is 0. The zero-order valence-electron chi connectivity index (χ0n) is 9.44. The molecule has 0 aliphatic rings. The molecule has 0 fully saturated rings. The molecule has 1 aromatic heterocycles. The van der Waals surface area contributed by atoms with E-state index in [1.807, 2.05) is 30.5 Å². The molecule has 0 aliphatic heterocycles. The molecule has 0 saturated heterocycles. The SMILES string of the molecule is CC(C)c1ccc(-c2ccc(Cl)cc2)nc1. The highest BCUT2D eigenvalue weighted by atomic mass is 35.5. The van der Waals surface area contributed by atoms with Gasteiger partial charge in [-0.2, -0.15) is 0 Å². The summed E-state index contributed by atoms with van der Waals surface area (Å²) in [5, 5.41) is 0.752. The van der Waals surface area contributed by atoms with Gasteiger partial charge in [-0.1, -0.05) is 43.6 Å². The van der Waals surface area contributed by atoms with Crippen LogP contribution in [0.2, 0.25) is 5.02 Å². The van der Waals surface area contributed by atoms with Crippen molar-refractivity contribution in [1.29, 1.82) is 0 Å². The van der Waals surface area contributed by atoms with Gasteiger partial charge in [0.1, 0.15) is 0 Å². The van der Waals surface area contributed by atoms with Crippen molar-refractivity contribution in [2.75, 3.05) is 0 Å². The summed E-state index contributed by atoms with van der Waals surface area (Å²) in [5.74, 6) is 0.520. The highest BCUT2D eigenvalue weighted by molar-refractivity contribution is 6.30. The van der Waals surface area contributed by atoms with Gasteiger partial charge in [0.05, 0.1) is 5.69 Å². The fourth-order valence-corrected chi connectivity index (χ4v) is 1.66. The largest absolute Gasteiger partial charge is 0.256 e.